The lowest BCUT2D eigenvalue weighted by molar-refractivity contribution is -0.118. The molecule has 6 nitrogen and oxygen atoms in total. The van der Waals surface area contributed by atoms with Gasteiger partial charge in [0.05, 0.1) is 17.2 Å². The molecule has 0 unspecified atom stereocenters. The topological polar surface area (TPSA) is 91.2 Å². The van der Waals surface area contributed by atoms with Gasteiger partial charge in [-0.2, -0.15) is 5.26 Å². The molecular formula is C25H23N3O3. The summed E-state index contributed by atoms with van der Waals surface area (Å²) >= 11 is 0. The van der Waals surface area contributed by atoms with Crippen LogP contribution in [0.25, 0.3) is 0 Å². The van der Waals surface area contributed by atoms with Crippen molar-refractivity contribution in [3.8, 4) is 11.8 Å². The molecule has 0 heterocycles. The second-order valence-corrected chi connectivity index (χ2v) is 6.94. The van der Waals surface area contributed by atoms with Gasteiger partial charge >= 0.3 is 0 Å². The smallest absolute Gasteiger partial charge is 0.262 e. The minimum atomic E-state index is -0.368. The van der Waals surface area contributed by atoms with Crippen LogP contribution in [0.1, 0.15) is 34.0 Å². The normalized spacial score (nSPS) is 10.1. The number of hydrogen-bond donors (Lipinski definition) is 2. The van der Waals surface area contributed by atoms with Crippen molar-refractivity contribution >= 4 is 23.2 Å². The molecule has 3 aromatic carbocycles. The highest BCUT2D eigenvalue weighted by atomic mass is 16.5. The lowest BCUT2D eigenvalue weighted by Gasteiger charge is -2.14. The number of carbonyl (C=O) groups excluding carboxylic acids is 2. The molecule has 0 saturated carbocycles. The van der Waals surface area contributed by atoms with Crippen molar-refractivity contribution in [2.45, 2.75) is 20.3 Å². The highest BCUT2D eigenvalue weighted by Crippen LogP contribution is 2.22. The van der Waals surface area contributed by atoms with E-state index >= 15 is 0 Å². The third-order valence-electron chi connectivity index (χ3n) is 4.77. The summed E-state index contributed by atoms with van der Waals surface area (Å²) in [6.45, 7) is 3.75. The summed E-state index contributed by atoms with van der Waals surface area (Å²) in [5, 5.41) is 14.6. The molecule has 0 bridgehead atoms. The standard InChI is InChI=1S/C25H23N3O3/c1-3-19-8-6-7-17(2)24(19)28-23(29)16-31-22-10-5-4-9-21(22)25(30)27-20-13-11-18(15-26)12-14-20/h4-14H,3,16H2,1-2H3,(H,27,30)(H,28,29). The van der Waals surface area contributed by atoms with Crippen LogP contribution in [0.3, 0.4) is 0 Å². The molecule has 3 rings (SSSR count). The average molecular weight is 413 g/mol. The summed E-state index contributed by atoms with van der Waals surface area (Å²) in [7, 11) is 0. The van der Waals surface area contributed by atoms with Crippen molar-refractivity contribution in [3.05, 3.63) is 89.0 Å². The van der Waals surface area contributed by atoms with Gasteiger partial charge in [0.25, 0.3) is 11.8 Å². The first kappa shape index (κ1) is 21.6. The Kier molecular flexibility index (Phi) is 7.02. The Balaban J connectivity index is 1.67. The minimum Gasteiger partial charge on any atom is -0.483 e. The quantitative estimate of drug-likeness (QED) is 0.587. The maximum absolute atomic E-state index is 12.7. The third kappa shape index (κ3) is 5.49. The second kappa shape index (κ2) is 10.1. The molecule has 0 spiro atoms. The van der Waals surface area contributed by atoms with Gasteiger partial charge in [0.2, 0.25) is 0 Å². The largest absolute Gasteiger partial charge is 0.483 e. The number of ether oxygens (including phenoxy) is 1. The molecule has 6 heteroatoms. The van der Waals surface area contributed by atoms with E-state index in [1.54, 1.807) is 48.5 Å². The van der Waals surface area contributed by atoms with Gasteiger partial charge in [-0.3, -0.25) is 9.59 Å². The number of anilines is 2. The van der Waals surface area contributed by atoms with Gasteiger partial charge in [-0.1, -0.05) is 37.3 Å². The molecule has 0 aliphatic rings. The van der Waals surface area contributed by atoms with Gasteiger partial charge in [0.1, 0.15) is 5.75 Å². The summed E-state index contributed by atoms with van der Waals surface area (Å²) in [6, 6.07) is 21.2. The lowest BCUT2D eigenvalue weighted by Crippen LogP contribution is -2.22. The predicted octanol–water partition coefficient (Wildman–Crippen LogP) is 4.70. The Labute approximate surface area is 181 Å². The molecule has 0 aliphatic heterocycles. The zero-order chi connectivity index (χ0) is 22.2. The van der Waals surface area contributed by atoms with E-state index in [-0.39, 0.29) is 18.4 Å². The number of rotatable bonds is 7. The Morgan fingerprint density at radius 1 is 0.968 bits per heavy atom. The van der Waals surface area contributed by atoms with E-state index in [0.29, 0.717) is 22.6 Å². The van der Waals surface area contributed by atoms with Crippen LogP contribution in [-0.4, -0.2) is 18.4 Å². The monoisotopic (exact) mass is 413 g/mol. The van der Waals surface area contributed by atoms with Crippen LogP contribution in [0.15, 0.2) is 66.7 Å². The number of aryl methyl sites for hydroxylation is 2. The second-order valence-electron chi connectivity index (χ2n) is 6.94. The van der Waals surface area contributed by atoms with E-state index in [9.17, 15) is 9.59 Å². The van der Waals surface area contributed by atoms with E-state index in [2.05, 4.69) is 10.6 Å². The summed E-state index contributed by atoms with van der Waals surface area (Å²) in [4.78, 5) is 25.2. The zero-order valence-electron chi connectivity index (χ0n) is 17.4. The summed E-state index contributed by atoms with van der Waals surface area (Å²) < 4.78 is 5.66. The first-order chi connectivity index (χ1) is 15.0. The van der Waals surface area contributed by atoms with E-state index in [1.807, 2.05) is 38.1 Å². The number of hydrogen-bond acceptors (Lipinski definition) is 4. The van der Waals surface area contributed by atoms with E-state index in [1.165, 1.54) is 0 Å². The molecule has 0 saturated heterocycles. The maximum atomic E-state index is 12.7. The first-order valence-electron chi connectivity index (χ1n) is 9.93. The van der Waals surface area contributed by atoms with Crippen LogP contribution in [0.2, 0.25) is 0 Å². The Morgan fingerprint density at radius 3 is 2.42 bits per heavy atom. The highest BCUT2D eigenvalue weighted by Gasteiger charge is 2.15. The molecule has 156 valence electrons. The highest BCUT2D eigenvalue weighted by molar-refractivity contribution is 6.06. The molecule has 31 heavy (non-hydrogen) atoms. The summed E-state index contributed by atoms with van der Waals surface area (Å²) in [6.07, 6.45) is 0.802. The van der Waals surface area contributed by atoms with Crippen LogP contribution < -0.4 is 15.4 Å². The third-order valence-corrected chi connectivity index (χ3v) is 4.77. The molecular weight excluding hydrogens is 390 g/mol. The number of nitrogens with zero attached hydrogens (tertiary/aromatic N) is 1. The fraction of sp³-hybridized carbons (Fsp3) is 0.160. The minimum absolute atomic E-state index is 0.224. The number of amides is 2. The van der Waals surface area contributed by atoms with Crippen LogP contribution in [0.4, 0.5) is 11.4 Å². The molecule has 2 amide bonds. The molecule has 0 fully saturated rings. The van der Waals surface area contributed by atoms with Gasteiger partial charge < -0.3 is 15.4 Å². The first-order valence-corrected chi connectivity index (χ1v) is 9.93. The van der Waals surface area contributed by atoms with Crippen LogP contribution >= 0.6 is 0 Å². The van der Waals surface area contributed by atoms with Gasteiger partial charge in [-0.05, 0) is 60.9 Å². The van der Waals surface area contributed by atoms with Crippen molar-refractivity contribution in [3.63, 3.8) is 0 Å². The van der Waals surface area contributed by atoms with Crippen LogP contribution in [0.5, 0.6) is 5.75 Å². The number of nitriles is 1. The summed E-state index contributed by atoms with van der Waals surface area (Å²) in [5.41, 5.74) is 4.21. The lowest BCUT2D eigenvalue weighted by atomic mass is 10.1. The molecule has 0 aliphatic carbocycles. The van der Waals surface area contributed by atoms with E-state index < -0.39 is 0 Å². The van der Waals surface area contributed by atoms with Crippen molar-refractivity contribution in [2.75, 3.05) is 17.2 Å². The Bertz CT molecular complexity index is 1130. The van der Waals surface area contributed by atoms with Crippen molar-refractivity contribution in [1.29, 1.82) is 5.26 Å². The fourth-order valence-corrected chi connectivity index (χ4v) is 3.13. The number of nitrogens with one attached hydrogen (secondary N) is 2. The van der Waals surface area contributed by atoms with Crippen molar-refractivity contribution in [1.82, 2.24) is 0 Å². The van der Waals surface area contributed by atoms with Gasteiger partial charge in [-0.15, -0.1) is 0 Å². The Hall–Kier alpha value is -4.11. The number of para-hydroxylation sites is 2. The maximum Gasteiger partial charge on any atom is 0.262 e. The molecule has 2 N–H and O–H groups in total. The fourth-order valence-electron chi connectivity index (χ4n) is 3.13. The number of carbonyl (C=O) groups is 2. The van der Waals surface area contributed by atoms with Gasteiger partial charge in [-0.25, -0.2) is 0 Å². The predicted molar refractivity (Wildman–Crippen MR) is 120 cm³/mol. The molecule has 0 radical (unpaired) electrons. The van der Waals surface area contributed by atoms with Crippen LogP contribution in [-0.2, 0) is 11.2 Å². The summed E-state index contributed by atoms with van der Waals surface area (Å²) in [5.74, 6) is -0.358. The van der Waals surface area contributed by atoms with Crippen molar-refractivity contribution in [2.24, 2.45) is 0 Å². The van der Waals surface area contributed by atoms with Gasteiger partial charge in [0, 0.05) is 11.4 Å². The SMILES string of the molecule is CCc1cccc(C)c1NC(=O)COc1ccccc1C(=O)Nc1ccc(C#N)cc1. The number of benzene rings is 3. The molecule has 3 aromatic rings. The molecule has 0 atom stereocenters. The van der Waals surface area contributed by atoms with E-state index in [0.717, 1.165) is 23.2 Å². The Morgan fingerprint density at radius 2 is 1.71 bits per heavy atom. The van der Waals surface area contributed by atoms with Crippen LogP contribution in [0, 0.1) is 18.3 Å². The molecule has 0 aromatic heterocycles. The van der Waals surface area contributed by atoms with Gasteiger partial charge in [0.15, 0.2) is 6.61 Å². The van der Waals surface area contributed by atoms with Crippen molar-refractivity contribution < 1.29 is 14.3 Å². The average Bonchev–Trinajstić information content (AvgIpc) is 2.79. The van der Waals surface area contributed by atoms with E-state index in [4.69, 9.17) is 10.00 Å². The zero-order valence-corrected chi connectivity index (χ0v) is 17.4.